The van der Waals surface area contributed by atoms with Crippen LogP contribution in [0.3, 0.4) is 0 Å². The fourth-order valence-corrected chi connectivity index (χ4v) is 11.6. The summed E-state index contributed by atoms with van der Waals surface area (Å²) in [6, 6.07) is 36.6. The van der Waals surface area contributed by atoms with Gasteiger partial charge >= 0.3 is 113 Å². The number of benzene rings is 4. The van der Waals surface area contributed by atoms with Crippen LogP contribution in [0.1, 0.15) is 137 Å². The number of hydrogen-bond donors (Lipinski definition) is 0. The number of hydrogen-bond acceptors (Lipinski definition) is 0. The molecule has 0 saturated heterocycles. The van der Waals surface area contributed by atoms with E-state index in [0.717, 1.165) is 12.8 Å². The summed E-state index contributed by atoms with van der Waals surface area (Å²) in [5.41, 5.74) is 11.3. The van der Waals surface area contributed by atoms with E-state index >= 15 is 0 Å². The van der Waals surface area contributed by atoms with E-state index in [0.29, 0.717) is 23.7 Å². The molecule has 6 aromatic carbocycles. The van der Waals surface area contributed by atoms with Crippen molar-refractivity contribution in [3.05, 3.63) is 142 Å². The molecule has 50 heavy (non-hydrogen) atoms. The second kappa shape index (κ2) is 18.1. The first-order valence-electron chi connectivity index (χ1n) is 18.9. The summed E-state index contributed by atoms with van der Waals surface area (Å²) in [6.07, 6.45) is 2.26. The van der Waals surface area contributed by atoms with Gasteiger partial charge < -0.3 is 0 Å². The van der Waals surface area contributed by atoms with E-state index in [-0.39, 0.29) is 0 Å². The van der Waals surface area contributed by atoms with Crippen molar-refractivity contribution in [2.24, 2.45) is 0 Å². The molecule has 0 aliphatic rings. The molecule has 0 N–H and O–H groups in total. The molecule has 0 saturated carbocycles. The standard InChI is InChI=1S/2C17H23.C14H14Si.Zr/c2*1-6-13-7-15-9-14(11(2)3)10-16(12(4)5)17(15)8-13;1-11-7-6-10-14(12(11)2)15-13-8-4-3-5-9-13;/h2*7-12H,6H2,1-5H3;3-10H,1-2H3;/q2*-1;;+2. The molecule has 0 radical (unpaired) electrons. The summed E-state index contributed by atoms with van der Waals surface area (Å²) >= 11 is 1.65. The SMILES string of the molecule is CCc1cc2c(C(C)C)cc(C(C)C)cc2[cH-]1.CCc1cc2c(C(C)C)cc(C(C)C)cc2[cH-]1.Cc1cccc([Si](=[Zr+2])c2ccccc2)c1C. The first-order valence-corrected chi connectivity index (χ1v) is 24.1. The second-order valence-corrected chi connectivity index (χ2v) is 20.8. The maximum atomic E-state index is 2.40. The average molecular weight is 756 g/mol. The molecule has 0 atom stereocenters. The molecule has 0 aliphatic carbocycles. The molecular formula is C48H60SiZr. The molecule has 2 heteroatoms. The quantitative estimate of drug-likeness (QED) is 0.107. The van der Waals surface area contributed by atoms with Gasteiger partial charge in [0.15, 0.2) is 0 Å². The minimum atomic E-state index is -0.507. The second-order valence-electron chi connectivity index (χ2n) is 15.3. The Kier molecular flexibility index (Phi) is 14.5. The van der Waals surface area contributed by atoms with Crippen LogP contribution in [0.2, 0.25) is 0 Å². The fraction of sp³-hybridized carbons (Fsp3) is 0.375. The number of fused-ring (bicyclic) bond motifs is 2. The van der Waals surface area contributed by atoms with E-state index < -0.39 is 5.43 Å². The Balaban J connectivity index is 0.000000169. The Labute approximate surface area is 319 Å². The van der Waals surface area contributed by atoms with Crippen LogP contribution in [0.15, 0.2) is 97.1 Å². The Hall–Kier alpha value is -2.80. The Morgan fingerprint density at radius 3 is 1.42 bits per heavy atom. The van der Waals surface area contributed by atoms with Crippen molar-refractivity contribution in [1.29, 1.82) is 0 Å². The number of rotatable bonds is 8. The normalized spacial score (nSPS) is 11.4. The van der Waals surface area contributed by atoms with E-state index in [2.05, 4.69) is 180 Å². The summed E-state index contributed by atoms with van der Waals surface area (Å²) in [7, 11) is 0. The van der Waals surface area contributed by atoms with Crippen LogP contribution in [0.4, 0.5) is 0 Å². The van der Waals surface area contributed by atoms with Gasteiger partial charge in [0.05, 0.1) is 0 Å². The van der Waals surface area contributed by atoms with Crippen molar-refractivity contribution >= 4 is 37.4 Å². The van der Waals surface area contributed by atoms with Gasteiger partial charge in [-0.25, -0.2) is 0 Å². The van der Waals surface area contributed by atoms with Crippen LogP contribution in [-0.2, 0) is 36.2 Å². The van der Waals surface area contributed by atoms with E-state index in [1.807, 2.05) is 0 Å². The molecule has 260 valence electrons. The van der Waals surface area contributed by atoms with E-state index in [9.17, 15) is 0 Å². The third kappa shape index (κ3) is 9.74. The zero-order chi connectivity index (χ0) is 36.7. The summed E-state index contributed by atoms with van der Waals surface area (Å²) in [5, 5.41) is 8.88. The molecule has 0 unspecified atom stereocenters. The first kappa shape index (κ1) is 40.0. The van der Waals surface area contributed by atoms with Gasteiger partial charge in [-0.2, -0.15) is 12.1 Å². The van der Waals surface area contributed by atoms with Crippen LogP contribution >= 0.6 is 0 Å². The Morgan fingerprint density at radius 2 is 1.02 bits per heavy atom. The van der Waals surface area contributed by atoms with E-state index in [1.165, 1.54) is 71.2 Å². The molecule has 0 fully saturated rings. The summed E-state index contributed by atoms with van der Waals surface area (Å²) in [5.74, 6) is 2.42. The summed E-state index contributed by atoms with van der Waals surface area (Å²) in [4.78, 5) is 0. The van der Waals surface area contributed by atoms with Crippen molar-refractivity contribution in [3.63, 3.8) is 0 Å². The van der Waals surface area contributed by atoms with Gasteiger partial charge in [0.1, 0.15) is 0 Å². The Bertz CT molecular complexity index is 1910. The van der Waals surface area contributed by atoms with Crippen LogP contribution < -0.4 is 10.4 Å². The third-order valence-corrected chi connectivity index (χ3v) is 16.3. The van der Waals surface area contributed by atoms with E-state index in [1.54, 1.807) is 28.5 Å². The monoisotopic (exact) mass is 754 g/mol. The molecule has 0 spiro atoms. The van der Waals surface area contributed by atoms with Gasteiger partial charge in [-0.1, -0.05) is 104 Å². The zero-order valence-corrected chi connectivity index (χ0v) is 36.4. The third-order valence-electron chi connectivity index (χ3n) is 10.2. The van der Waals surface area contributed by atoms with Crippen molar-refractivity contribution in [3.8, 4) is 0 Å². The molecule has 0 aliphatic heterocycles. The molecule has 0 heterocycles. The summed E-state index contributed by atoms with van der Waals surface area (Å²) in [6.45, 7) is 27.2. The van der Waals surface area contributed by atoms with Crippen molar-refractivity contribution in [1.82, 2.24) is 0 Å². The zero-order valence-electron chi connectivity index (χ0n) is 33.0. The van der Waals surface area contributed by atoms with Crippen molar-refractivity contribution < 1.29 is 23.3 Å². The predicted molar refractivity (Wildman–Crippen MR) is 222 cm³/mol. The van der Waals surface area contributed by atoms with Gasteiger partial charge in [0, 0.05) is 0 Å². The minimum absolute atomic E-state index is 0.507. The number of aryl methyl sites for hydroxylation is 3. The van der Waals surface area contributed by atoms with Gasteiger partial charge in [0.2, 0.25) is 0 Å². The first-order chi connectivity index (χ1) is 23.7. The predicted octanol–water partition coefficient (Wildman–Crippen LogP) is 12.7. The molecule has 6 aromatic rings. The maximum absolute atomic E-state index is 2.40. The van der Waals surface area contributed by atoms with Gasteiger partial charge in [-0.05, 0) is 36.5 Å². The van der Waals surface area contributed by atoms with Crippen LogP contribution in [0, 0.1) is 13.8 Å². The van der Waals surface area contributed by atoms with Gasteiger partial charge in [-0.15, -0.1) is 56.9 Å². The van der Waals surface area contributed by atoms with Gasteiger partial charge in [0.25, 0.3) is 0 Å². The summed E-state index contributed by atoms with van der Waals surface area (Å²) < 4.78 is 0. The molecule has 0 nitrogen and oxygen atoms in total. The molecular weight excluding hydrogens is 696 g/mol. The van der Waals surface area contributed by atoms with Crippen molar-refractivity contribution in [2.75, 3.05) is 0 Å². The van der Waals surface area contributed by atoms with Crippen LogP contribution in [0.5, 0.6) is 0 Å². The Morgan fingerprint density at radius 1 is 0.560 bits per heavy atom. The topological polar surface area (TPSA) is 0 Å². The van der Waals surface area contributed by atoms with Crippen molar-refractivity contribution in [2.45, 2.75) is 120 Å². The van der Waals surface area contributed by atoms with E-state index in [4.69, 9.17) is 0 Å². The van der Waals surface area contributed by atoms with Crippen LogP contribution in [0.25, 0.3) is 21.5 Å². The fourth-order valence-electron chi connectivity index (χ4n) is 6.68. The molecule has 0 bridgehead atoms. The van der Waals surface area contributed by atoms with Crippen LogP contribution in [-0.4, -0.2) is 5.43 Å². The molecule has 6 rings (SSSR count). The molecule has 0 aromatic heterocycles. The molecule has 0 amide bonds. The average Bonchev–Trinajstić information content (AvgIpc) is 3.73. The van der Waals surface area contributed by atoms with Gasteiger partial charge in [-0.3, -0.25) is 0 Å².